The van der Waals surface area contributed by atoms with Crippen LogP contribution in [0.25, 0.3) is 0 Å². The summed E-state index contributed by atoms with van der Waals surface area (Å²) in [5, 5.41) is 0. The van der Waals surface area contributed by atoms with Crippen molar-refractivity contribution in [3.05, 3.63) is 0 Å². The summed E-state index contributed by atoms with van der Waals surface area (Å²) >= 11 is 0. The number of hydrogen-bond donors (Lipinski definition) is 0. The van der Waals surface area contributed by atoms with Crippen LogP contribution in [0.15, 0.2) is 0 Å². The van der Waals surface area contributed by atoms with E-state index in [0.29, 0.717) is 6.10 Å². The first-order chi connectivity index (χ1) is 4.69. The maximum Gasteiger partial charge on any atom is 0.175 e. The predicted molar refractivity (Wildman–Crippen MR) is 52.3 cm³/mol. The summed E-state index contributed by atoms with van der Waals surface area (Å²) in [7, 11) is 1.60. The van der Waals surface area contributed by atoms with Crippen LogP contribution < -0.4 is 0 Å². The van der Waals surface area contributed by atoms with Gasteiger partial charge in [-0.2, -0.15) is 0 Å². The summed E-state index contributed by atoms with van der Waals surface area (Å²) in [5.41, 5.74) is 0.472. The van der Waals surface area contributed by atoms with E-state index in [2.05, 4.69) is 41.5 Å². The molecule has 1 radical (unpaired) electrons. The van der Waals surface area contributed by atoms with Gasteiger partial charge in [0.1, 0.15) is 0 Å². The first-order valence-corrected chi connectivity index (χ1v) is 4.68. The molecule has 0 N–H and O–H groups in total. The SMILES string of the molecule is CC(C)(C)C(O[SiH2])C(C)(C)C. The van der Waals surface area contributed by atoms with Gasteiger partial charge in [0.15, 0.2) is 10.5 Å². The van der Waals surface area contributed by atoms with Gasteiger partial charge < -0.3 is 4.43 Å². The Bertz CT molecular complexity index is 105. The third-order valence-corrected chi connectivity index (χ3v) is 2.07. The highest BCUT2D eigenvalue weighted by Crippen LogP contribution is 2.35. The smallest absolute Gasteiger partial charge is 0.175 e. The molecule has 0 aromatic rings. The molecule has 0 heterocycles. The Morgan fingerprint density at radius 3 is 1.18 bits per heavy atom. The zero-order valence-corrected chi connectivity index (χ0v) is 10.1. The molecule has 0 aliphatic rings. The molecule has 11 heavy (non-hydrogen) atoms. The Balaban J connectivity index is 4.43. The van der Waals surface area contributed by atoms with Crippen LogP contribution >= 0.6 is 0 Å². The quantitative estimate of drug-likeness (QED) is 0.551. The number of hydrogen-bond acceptors (Lipinski definition) is 1. The molecule has 0 spiro atoms. The van der Waals surface area contributed by atoms with Crippen molar-refractivity contribution < 1.29 is 4.43 Å². The van der Waals surface area contributed by atoms with E-state index in [4.69, 9.17) is 4.43 Å². The summed E-state index contributed by atoms with van der Waals surface area (Å²) in [5.74, 6) is 0. The average Bonchev–Trinajstić information content (AvgIpc) is 1.56. The second-order valence-corrected chi connectivity index (χ2v) is 5.61. The molecular formula is C9H21OSi. The Hall–Kier alpha value is 0.177. The molecule has 0 fully saturated rings. The molecule has 0 atom stereocenters. The molecule has 0 amide bonds. The zero-order valence-electron chi connectivity index (χ0n) is 8.69. The van der Waals surface area contributed by atoms with Crippen molar-refractivity contribution in [1.29, 1.82) is 0 Å². The highest BCUT2D eigenvalue weighted by atomic mass is 28.2. The molecule has 0 aliphatic carbocycles. The fraction of sp³-hybridized carbons (Fsp3) is 1.00. The van der Waals surface area contributed by atoms with Gasteiger partial charge in [0.25, 0.3) is 0 Å². The van der Waals surface area contributed by atoms with E-state index in [-0.39, 0.29) is 10.8 Å². The lowest BCUT2D eigenvalue weighted by molar-refractivity contribution is 0.00438. The van der Waals surface area contributed by atoms with Crippen molar-refractivity contribution in [2.45, 2.75) is 47.6 Å². The minimum Gasteiger partial charge on any atom is -0.421 e. The first kappa shape index (κ1) is 11.2. The summed E-state index contributed by atoms with van der Waals surface area (Å²) in [4.78, 5) is 0. The minimum atomic E-state index is 0.236. The van der Waals surface area contributed by atoms with Gasteiger partial charge in [0.05, 0.1) is 6.10 Å². The van der Waals surface area contributed by atoms with E-state index in [1.54, 1.807) is 10.5 Å². The van der Waals surface area contributed by atoms with Crippen molar-refractivity contribution in [3.63, 3.8) is 0 Å². The van der Waals surface area contributed by atoms with Gasteiger partial charge in [-0.25, -0.2) is 0 Å². The van der Waals surface area contributed by atoms with Crippen molar-refractivity contribution in [2.75, 3.05) is 0 Å². The maximum absolute atomic E-state index is 5.51. The average molecular weight is 173 g/mol. The zero-order chi connectivity index (χ0) is 9.28. The van der Waals surface area contributed by atoms with Crippen molar-refractivity contribution in [1.82, 2.24) is 0 Å². The van der Waals surface area contributed by atoms with E-state index in [1.165, 1.54) is 0 Å². The summed E-state index contributed by atoms with van der Waals surface area (Å²) in [6, 6.07) is 0. The molecule has 0 aromatic carbocycles. The van der Waals surface area contributed by atoms with Crippen LogP contribution in [0.3, 0.4) is 0 Å². The van der Waals surface area contributed by atoms with Gasteiger partial charge in [-0.15, -0.1) is 0 Å². The van der Waals surface area contributed by atoms with Crippen LogP contribution in [0.1, 0.15) is 41.5 Å². The third kappa shape index (κ3) is 3.39. The molecule has 0 aromatic heterocycles. The van der Waals surface area contributed by atoms with Gasteiger partial charge >= 0.3 is 0 Å². The van der Waals surface area contributed by atoms with E-state index in [0.717, 1.165) is 0 Å². The van der Waals surface area contributed by atoms with Crippen LogP contribution in [0.5, 0.6) is 0 Å². The summed E-state index contributed by atoms with van der Waals surface area (Å²) in [6.07, 6.45) is 0.327. The Morgan fingerprint density at radius 1 is 0.909 bits per heavy atom. The second kappa shape index (κ2) is 3.28. The van der Waals surface area contributed by atoms with Crippen LogP contribution in [-0.2, 0) is 4.43 Å². The molecule has 1 nitrogen and oxygen atoms in total. The Kier molecular flexibility index (Phi) is 3.33. The van der Waals surface area contributed by atoms with Gasteiger partial charge in [0.2, 0.25) is 0 Å². The summed E-state index contributed by atoms with van der Waals surface area (Å²) in [6.45, 7) is 13.3. The second-order valence-electron chi connectivity index (χ2n) is 5.28. The first-order valence-electron chi connectivity index (χ1n) is 4.10. The molecule has 0 saturated carbocycles. The minimum absolute atomic E-state index is 0.236. The molecule has 0 rings (SSSR count). The van der Waals surface area contributed by atoms with Gasteiger partial charge in [-0.05, 0) is 10.8 Å². The number of rotatable bonds is 1. The monoisotopic (exact) mass is 173 g/mol. The van der Waals surface area contributed by atoms with Gasteiger partial charge in [-0.3, -0.25) is 0 Å². The maximum atomic E-state index is 5.51. The van der Waals surface area contributed by atoms with E-state index in [1.807, 2.05) is 0 Å². The molecule has 0 bridgehead atoms. The van der Waals surface area contributed by atoms with Crippen molar-refractivity contribution >= 4 is 10.5 Å². The van der Waals surface area contributed by atoms with Crippen molar-refractivity contribution in [3.8, 4) is 0 Å². The van der Waals surface area contributed by atoms with Crippen LogP contribution in [0.2, 0.25) is 0 Å². The molecule has 0 unspecified atom stereocenters. The molecule has 67 valence electrons. The highest BCUT2D eigenvalue weighted by molar-refractivity contribution is 5.98. The van der Waals surface area contributed by atoms with E-state index < -0.39 is 0 Å². The van der Waals surface area contributed by atoms with Crippen LogP contribution in [-0.4, -0.2) is 16.6 Å². The summed E-state index contributed by atoms with van der Waals surface area (Å²) < 4.78 is 5.51. The van der Waals surface area contributed by atoms with E-state index >= 15 is 0 Å². The molecule has 0 aliphatic heterocycles. The normalized spacial score (nSPS) is 14.2. The molecule has 0 saturated heterocycles. The highest BCUT2D eigenvalue weighted by Gasteiger charge is 2.34. The van der Waals surface area contributed by atoms with Crippen molar-refractivity contribution in [2.24, 2.45) is 10.8 Å². The lowest BCUT2D eigenvalue weighted by Gasteiger charge is -2.39. The topological polar surface area (TPSA) is 9.23 Å². The Morgan fingerprint density at radius 2 is 1.18 bits per heavy atom. The standard InChI is InChI=1S/C9H21OSi/c1-8(2,3)7(10-11)9(4,5)6/h7H,11H2,1-6H3. The lowest BCUT2D eigenvalue weighted by Crippen LogP contribution is -2.39. The van der Waals surface area contributed by atoms with Crippen LogP contribution in [0.4, 0.5) is 0 Å². The van der Waals surface area contributed by atoms with Gasteiger partial charge in [-0.1, -0.05) is 41.5 Å². The van der Waals surface area contributed by atoms with E-state index in [9.17, 15) is 0 Å². The van der Waals surface area contributed by atoms with Crippen LogP contribution in [0, 0.1) is 10.8 Å². The molecular weight excluding hydrogens is 152 g/mol. The lowest BCUT2D eigenvalue weighted by atomic mass is 9.74. The Labute approximate surface area is 74.1 Å². The largest absolute Gasteiger partial charge is 0.421 e. The fourth-order valence-electron chi connectivity index (χ4n) is 1.80. The third-order valence-electron chi connectivity index (χ3n) is 1.74. The fourth-order valence-corrected chi connectivity index (χ4v) is 2.80. The molecule has 2 heteroatoms. The van der Waals surface area contributed by atoms with Gasteiger partial charge in [0, 0.05) is 0 Å². The predicted octanol–water partition coefficient (Wildman–Crippen LogP) is 2.01.